The van der Waals surface area contributed by atoms with Crippen molar-refractivity contribution < 1.29 is 8.81 Å². The third-order valence-corrected chi connectivity index (χ3v) is 2.41. The molecular weight excluding hydrogens is 205 g/mol. The molecule has 0 aliphatic heterocycles. The summed E-state index contributed by atoms with van der Waals surface area (Å²) >= 11 is 0. The molecule has 2 aromatic rings. The first-order valence-electron chi connectivity index (χ1n) is 4.97. The minimum atomic E-state index is -0.299. The summed E-state index contributed by atoms with van der Waals surface area (Å²) in [7, 11) is 0. The Balaban J connectivity index is 2.17. The predicted octanol–water partition coefficient (Wildman–Crippen LogP) is 3.27. The fourth-order valence-corrected chi connectivity index (χ4v) is 1.56. The molecule has 2 rings (SSSR count). The molecule has 0 bridgehead atoms. The van der Waals surface area contributed by atoms with Gasteiger partial charge < -0.3 is 4.42 Å². The van der Waals surface area contributed by atoms with Crippen LogP contribution in [0.3, 0.4) is 0 Å². The average Bonchev–Trinajstić information content (AvgIpc) is 2.80. The summed E-state index contributed by atoms with van der Waals surface area (Å²) in [5.41, 5.74) is 0.806. The van der Waals surface area contributed by atoms with Crippen molar-refractivity contribution in [3.8, 4) is 6.07 Å². The Labute approximate surface area is 92.9 Å². The first-order valence-corrected chi connectivity index (χ1v) is 4.97. The third kappa shape index (κ3) is 2.29. The largest absolute Gasteiger partial charge is 0.469 e. The van der Waals surface area contributed by atoms with Crippen molar-refractivity contribution in [2.75, 3.05) is 0 Å². The van der Waals surface area contributed by atoms with Crippen molar-refractivity contribution in [2.24, 2.45) is 0 Å². The first kappa shape index (κ1) is 10.4. The van der Waals surface area contributed by atoms with Gasteiger partial charge in [-0.3, -0.25) is 0 Å². The quantitative estimate of drug-likeness (QED) is 0.787. The Hall–Kier alpha value is -2.08. The highest BCUT2D eigenvalue weighted by Crippen LogP contribution is 2.20. The molecule has 0 aliphatic rings. The lowest BCUT2D eigenvalue weighted by Crippen LogP contribution is -1.99. The van der Waals surface area contributed by atoms with Crippen LogP contribution in [0.2, 0.25) is 0 Å². The van der Waals surface area contributed by atoms with Crippen molar-refractivity contribution in [3.05, 3.63) is 59.8 Å². The third-order valence-electron chi connectivity index (χ3n) is 2.41. The summed E-state index contributed by atoms with van der Waals surface area (Å²) in [4.78, 5) is 0. The predicted molar refractivity (Wildman–Crippen MR) is 57.2 cm³/mol. The number of benzene rings is 1. The lowest BCUT2D eigenvalue weighted by atomic mass is 9.96. The Morgan fingerprint density at radius 2 is 2.00 bits per heavy atom. The van der Waals surface area contributed by atoms with E-state index in [-0.39, 0.29) is 11.7 Å². The Kier molecular flexibility index (Phi) is 3.02. The zero-order valence-electron chi connectivity index (χ0n) is 8.56. The second-order valence-corrected chi connectivity index (χ2v) is 3.52. The van der Waals surface area contributed by atoms with Gasteiger partial charge in [0, 0.05) is 6.42 Å². The van der Waals surface area contributed by atoms with Gasteiger partial charge in [0.25, 0.3) is 0 Å². The summed E-state index contributed by atoms with van der Waals surface area (Å²) in [6.45, 7) is 0. The second kappa shape index (κ2) is 4.63. The fraction of sp³-hybridized carbons (Fsp3) is 0.154. The van der Waals surface area contributed by atoms with Crippen LogP contribution in [0, 0.1) is 17.1 Å². The summed E-state index contributed by atoms with van der Waals surface area (Å²) in [6.07, 6.45) is 2.09. The standard InChI is InChI=1S/C13H10FNO/c14-12-5-3-10(4-6-12)11(9-15)8-13-2-1-7-16-13/h1-7,11H,8H2. The molecular formula is C13H10FNO. The highest BCUT2D eigenvalue weighted by atomic mass is 19.1. The smallest absolute Gasteiger partial charge is 0.123 e. The molecule has 16 heavy (non-hydrogen) atoms. The molecule has 3 heteroatoms. The number of halogens is 1. The fourth-order valence-electron chi connectivity index (χ4n) is 1.56. The molecule has 1 aromatic carbocycles. The van der Waals surface area contributed by atoms with E-state index in [1.54, 1.807) is 24.5 Å². The minimum Gasteiger partial charge on any atom is -0.469 e. The van der Waals surface area contributed by atoms with Gasteiger partial charge in [-0.2, -0.15) is 5.26 Å². The second-order valence-electron chi connectivity index (χ2n) is 3.52. The van der Waals surface area contributed by atoms with E-state index in [1.807, 2.05) is 6.07 Å². The molecule has 1 unspecified atom stereocenters. The summed E-state index contributed by atoms with van der Waals surface area (Å²) in [5.74, 6) is 0.168. The van der Waals surface area contributed by atoms with Gasteiger partial charge in [-0.05, 0) is 29.8 Å². The monoisotopic (exact) mass is 215 g/mol. The van der Waals surface area contributed by atoms with Crippen LogP contribution in [0.15, 0.2) is 47.1 Å². The topological polar surface area (TPSA) is 36.9 Å². The van der Waals surface area contributed by atoms with E-state index in [0.717, 1.165) is 11.3 Å². The highest BCUT2D eigenvalue weighted by molar-refractivity contribution is 5.27. The molecule has 1 heterocycles. The molecule has 0 spiro atoms. The molecule has 2 nitrogen and oxygen atoms in total. The van der Waals surface area contributed by atoms with E-state index in [9.17, 15) is 4.39 Å². The summed E-state index contributed by atoms with van der Waals surface area (Å²) in [6, 6.07) is 11.8. The molecule has 1 atom stereocenters. The minimum absolute atomic E-state index is 0.293. The van der Waals surface area contributed by atoms with Crippen molar-refractivity contribution in [1.29, 1.82) is 5.26 Å². The van der Waals surface area contributed by atoms with Crippen molar-refractivity contribution in [1.82, 2.24) is 0 Å². The maximum Gasteiger partial charge on any atom is 0.123 e. The SMILES string of the molecule is N#CC(Cc1ccco1)c1ccc(F)cc1. The summed E-state index contributed by atoms with van der Waals surface area (Å²) < 4.78 is 17.9. The molecule has 0 N–H and O–H groups in total. The Bertz CT molecular complexity index is 482. The molecule has 0 fully saturated rings. The molecule has 0 saturated heterocycles. The van der Waals surface area contributed by atoms with Gasteiger partial charge in [-0.25, -0.2) is 4.39 Å². The van der Waals surface area contributed by atoms with Gasteiger partial charge in [-0.1, -0.05) is 12.1 Å². The van der Waals surface area contributed by atoms with Crippen molar-refractivity contribution >= 4 is 0 Å². The van der Waals surface area contributed by atoms with E-state index in [1.165, 1.54) is 12.1 Å². The normalized spacial score (nSPS) is 12.0. The van der Waals surface area contributed by atoms with Gasteiger partial charge in [0.1, 0.15) is 11.6 Å². The van der Waals surface area contributed by atoms with Crippen LogP contribution in [0.5, 0.6) is 0 Å². The van der Waals surface area contributed by atoms with E-state index in [0.29, 0.717) is 6.42 Å². The molecule has 1 aromatic heterocycles. The average molecular weight is 215 g/mol. The van der Waals surface area contributed by atoms with Crippen LogP contribution in [0.4, 0.5) is 4.39 Å². The molecule has 0 radical (unpaired) electrons. The Morgan fingerprint density at radius 3 is 2.56 bits per heavy atom. The maximum atomic E-state index is 12.7. The van der Waals surface area contributed by atoms with Gasteiger partial charge in [0.05, 0.1) is 18.3 Å². The molecule has 0 amide bonds. The highest BCUT2D eigenvalue weighted by Gasteiger charge is 2.12. The maximum absolute atomic E-state index is 12.7. The summed E-state index contributed by atoms with van der Waals surface area (Å²) in [5, 5.41) is 9.06. The lowest BCUT2D eigenvalue weighted by Gasteiger charge is -2.07. The van der Waals surface area contributed by atoms with Crippen LogP contribution in [-0.4, -0.2) is 0 Å². The number of rotatable bonds is 3. The van der Waals surface area contributed by atoms with Crippen LogP contribution >= 0.6 is 0 Å². The number of hydrogen-bond donors (Lipinski definition) is 0. The van der Waals surface area contributed by atoms with Gasteiger partial charge in [-0.15, -0.1) is 0 Å². The van der Waals surface area contributed by atoms with E-state index >= 15 is 0 Å². The van der Waals surface area contributed by atoms with Gasteiger partial charge in [0.2, 0.25) is 0 Å². The van der Waals surface area contributed by atoms with Gasteiger partial charge in [0.15, 0.2) is 0 Å². The number of nitrogens with zero attached hydrogens (tertiary/aromatic N) is 1. The van der Waals surface area contributed by atoms with Crippen LogP contribution in [0.25, 0.3) is 0 Å². The number of nitriles is 1. The Morgan fingerprint density at radius 1 is 1.25 bits per heavy atom. The number of hydrogen-bond acceptors (Lipinski definition) is 2. The van der Waals surface area contributed by atoms with Crippen LogP contribution in [-0.2, 0) is 6.42 Å². The zero-order valence-corrected chi connectivity index (χ0v) is 8.56. The van der Waals surface area contributed by atoms with Crippen LogP contribution in [0.1, 0.15) is 17.2 Å². The molecule has 0 aliphatic carbocycles. The first-order chi connectivity index (χ1) is 7.79. The number of furan rings is 1. The lowest BCUT2D eigenvalue weighted by molar-refractivity contribution is 0.501. The van der Waals surface area contributed by atoms with Crippen molar-refractivity contribution in [3.63, 3.8) is 0 Å². The van der Waals surface area contributed by atoms with Crippen molar-refractivity contribution in [2.45, 2.75) is 12.3 Å². The van der Waals surface area contributed by atoms with E-state index < -0.39 is 0 Å². The zero-order chi connectivity index (χ0) is 11.4. The molecule has 80 valence electrons. The van der Waals surface area contributed by atoms with E-state index in [4.69, 9.17) is 9.68 Å². The van der Waals surface area contributed by atoms with Gasteiger partial charge >= 0.3 is 0 Å². The van der Waals surface area contributed by atoms with Crippen LogP contribution < -0.4 is 0 Å². The van der Waals surface area contributed by atoms with E-state index in [2.05, 4.69) is 6.07 Å². The molecule has 0 saturated carbocycles.